The minimum Gasteiger partial charge on any atom is -0.496 e. The summed E-state index contributed by atoms with van der Waals surface area (Å²) in [4.78, 5) is 12.5. The largest absolute Gasteiger partial charge is 0.496 e. The molecule has 4 nitrogen and oxygen atoms in total. The molecule has 2 aromatic carbocycles. The van der Waals surface area contributed by atoms with Crippen molar-refractivity contribution in [2.45, 2.75) is 20.8 Å². The highest BCUT2D eigenvalue weighted by Crippen LogP contribution is 2.23. The van der Waals surface area contributed by atoms with Crippen LogP contribution in [0.5, 0.6) is 5.75 Å². The molecule has 2 N–H and O–H groups in total. The van der Waals surface area contributed by atoms with Crippen molar-refractivity contribution in [3.63, 3.8) is 0 Å². The fourth-order valence-corrected chi connectivity index (χ4v) is 3.17. The van der Waals surface area contributed by atoms with Gasteiger partial charge >= 0.3 is 0 Å². The molecule has 2 rings (SSSR count). The summed E-state index contributed by atoms with van der Waals surface area (Å²) in [7, 11) is 1.55. The number of hydrogen-bond donors (Lipinski definition) is 2. The summed E-state index contributed by atoms with van der Waals surface area (Å²) in [6.07, 6.45) is 0. The molecule has 0 saturated heterocycles. The van der Waals surface area contributed by atoms with Gasteiger partial charge in [0, 0.05) is 9.26 Å². The molecule has 0 bridgehead atoms. The third kappa shape index (κ3) is 4.24. The zero-order chi connectivity index (χ0) is 17.9. The van der Waals surface area contributed by atoms with Gasteiger partial charge in [0.05, 0.1) is 12.7 Å². The lowest BCUT2D eigenvalue weighted by molar-refractivity contribution is 0.0974. The number of hydrogen-bond acceptors (Lipinski definition) is 3. The van der Waals surface area contributed by atoms with Crippen LogP contribution >= 0.6 is 34.8 Å². The minimum atomic E-state index is -0.298. The molecule has 1 amide bonds. The van der Waals surface area contributed by atoms with Crippen LogP contribution in [0.2, 0.25) is 0 Å². The zero-order valence-electron chi connectivity index (χ0n) is 14.0. The van der Waals surface area contributed by atoms with Crippen molar-refractivity contribution in [3.05, 3.63) is 56.2 Å². The zero-order valence-corrected chi connectivity index (χ0v) is 17.0. The van der Waals surface area contributed by atoms with E-state index < -0.39 is 0 Å². The van der Waals surface area contributed by atoms with Crippen LogP contribution in [0, 0.1) is 24.3 Å². The van der Waals surface area contributed by atoms with Gasteiger partial charge in [-0.1, -0.05) is 12.1 Å². The molecule has 126 valence electrons. The molecule has 0 saturated carbocycles. The number of carbonyl (C=O) groups excluding carboxylic acids is 1. The van der Waals surface area contributed by atoms with Crippen LogP contribution in [-0.2, 0) is 0 Å². The van der Waals surface area contributed by atoms with E-state index in [2.05, 4.69) is 39.3 Å². The maximum atomic E-state index is 12.5. The average molecular weight is 454 g/mol. The summed E-state index contributed by atoms with van der Waals surface area (Å²) in [6, 6.07) is 9.51. The maximum Gasteiger partial charge on any atom is 0.261 e. The topological polar surface area (TPSA) is 50.4 Å². The van der Waals surface area contributed by atoms with Crippen molar-refractivity contribution in [2.75, 3.05) is 12.4 Å². The van der Waals surface area contributed by atoms with Crippen LogP contribution in [-0.4, -0.2) is 18.1 Å². The van der Waals surface area contributed by atoms with Gasteiger partial charge in [0.2, 0.25) is 0 Å². The van der Waals surface area contributed by atoms with Crippen molar-refractivity contribution in [1.29, 1.82) is 0 Å². The van der Waals surface area contributed by atoms with E-state index in [1.807, 2.05) is 39.0 Å². The fraction of sp³-hybridized carbons (Fsp3) is 0.222. The fourth-order valence-electron chi connectivity index (χ4n) is 2.34. The van der Waals surface area contributed by atoms with E-state index in [0.717, 1.165) is 22.4 Å². The monoisotopic (exact) mass is 454 g/mol. The lowest BCUT2D eigenvalue weighted by Gasteiger charge is -2.15. The van der Waals surface area contributed by atoms with E-state index in [9.17, 15) is 4.79 Å². The van der Waals surface area contributed by atoms with Gasteiger partial charge in [-0.3, -0.25) is 10.1 Å². The Kier molecular flexibility index (Phi) is 6.17. The normalized spacial score (nSPS) is 10.2. The number of halogens is 1. The predicted molar refractivity (Wildman–Crippen MR) is 110 cm³/mol. The molecule has 0 aromatic heterocycles. The first kappa shape index (κ1) is 18.7. The minimum absolute atomic E-state index is 0.257. The first-order valence-electron chi connectivity index (χ1n) is 7.36. The summed E-state index contributed by atoms with van der Waals surface area (Å²) >= 11 is 7.57. The van der Waals surface area contributed by atoms with E-state index in [0.29, 0.717) is 11.3 Å². The summed E-state index contributed by atoms with van der Waals surface area (Å²) in [6.45, 7) is 5.92. The molecular formula is C18H19IN2O2S. The Balaban J connectivity index is 2.15. The number of rotatable bonds is 3. The number of thiocarbonyl (C=S) groups is 1. The second kappa shape index (κ2) is 7.94. The molecule has 2 aromatic rings. The Morgan fingerprint density at radius 3 is 2.50 bits per heavy atom. The lowest BCUT2D eigenvalue weighted by Crippen LogP contribution is -2.34. The molecule has 24 heavy (non-hydrogen) atoms. The van der Waals surface area contributed by atoms with Crippen molar-refractivity contribution in [2.24, 2.45) is 0 Å². The Bertz CT molecular complexity index is 806. The van der Waals surface area contributed by atoms with E-state index >= 15 is 0 Å². The Morgan fingerprint density at radius 2 is 1.83 bits per heavy atom. The SMILES string of the molecule is COc1c(C)cccc1C(=O)NC(=S)Nc1cc(C)c(I)cc1C. The Morgan fingerprint density at radius 1 is 1.12 bits per heavy atom. The molecule has 0 aliphatic carbocycles. The Hall–Kier alpha value is -1.67. The summed E-state index contributed by atoms with van der Waals surface area (Å²) in [5, 5.41) is 6.05. The summed E-state index contributed by atoms with van der Waals surface area (Å²) < 4.78 is 6.51. The molecule has 6 heteroatoms. The van der Waals surface area contributed by atoms with Gasteiger partial charge < -0.3 is 10.1 Å². The number of aryl methyl sites for hydroxylation is 3. The first-order valence-corrected chi connectivity index (χ1v) is 8.85. The van der Waals surface area contributed by atoms with Crippen LogP contribution in [0.1, 0.15) is 27.0 Å². The van der Waals surface area contributed by atoms with E-state index in [1.54, 1.807) is 13.2 Å². The molecule has 0 radical (unpaired) electrons. The highest BCUT2D eigenvalue weighted by atomic mass is 127. The highest BCUT2D eigenvalue weighted by molar-refractivity contribution is 14.1. The number of carbonyl (C=O) groups is 1. The third-order valence-corrected chi connectivity index (χ3v) is 5.01. The molecule has 0 fully saturated rings. The van der Waals surface area contributed by atoms with E-state index in [-0.39, 0.29) is 11.0 Å². The number of anilines is 1. The average Bonchev–Trinajstić information content (AvgIpc) is 2.52. The predicted octanol–water partition coefficient (Wildman–Crippen LogP) is 4.35. The van der Waals surface area contributed by atoms with Crippen LogP contribution in [0.4, 0.5) is 5.69 Å². The number of amides is 1. The van der Waals surface area contributed by atoms with Gasteiger partial charge in [0.25, 0.3) is 5.91 Å². The van der Waals surface area contributed by atoms with Gasteiger partial charge in [-0.15, -0.1) is 0 Å². The Labute approximate surface area is 161 Å². The third-order valence-electron chi connectivity index (χ3n) is 3.64. The molecule has 0 unspecified atom stereocenters. The summed E-state index contributed by atoms with van der Waals surface area (Å²) in [5.74, 6) is 0.257. The number of nitrogens with one attached hydrogen (secondary N) is 2. The van der Waals surface area contributed by atoms with Gasteiger partial charge in [0.15, 0.2) is 5.11 Å². The molecular weight excluding hydrogens is 435 g/mol. The number of benzene rings is 2. The van der Waals surface area contributed by atoms with Gasteiger partial charge in [-0.25, -0.2) is 0 Å². The second-order valence-electron chi connectivity index (χ2n) is 5.48. The van der Waals surface area contributed by atoms with Gasteiger partial charge in [-0.2, -0.15) is 0 Å². The smallest absolute Gasteiger partial charge is 0.261 e. The molecule has 0 aliphatic rings. The van der Waals surface area contributed by atoms with Gasteiger partial charge in [-0.05, 0) is 90.5 Å². The van der Waals surface area contributed by atoms with Crippen LogP contribution in [0.25, 0.3) is 0 Å². The molecule has 0 heterocycles. The molecule has 0 spiro atoms. The van der Waals surface area contributed by atoms with Crippen molar-refractivity contribution >= 4 is 51.5 Å². The lowest BCUT2D eigenvalue weighted by atomic mass is 10.1. The van der Waals surface area contributed by atoms with Gasteiger partial charge in [0.1, 0.15) is 5.75 Å². The number of methoxy groups -OCH3 is 1. The quantitative estimate of drug-likeness (QED) is 0.535. The maximum absolute atomic E-state index is 12.5. The second-order valence-corrected chi connectivity index (χ2v) is 7.05. The van der Waals surface area contributed by atoms with Crippen molar-refractivity contribution < 1.29 is 9.53 Å². The summed E-state index contributed by atoms with van der Waals surface area (Å²) in [5.41, 5.74) is 4.45. The van der Waals surface area contributed by atoms with Crippen LogP contribution < -0.4 is 15.4 Å². The van der Waals surface area contributed by atoms with E-state index in [1.165, 1.54) is 3.57 Å². The standard InChI is InChI=1S/C18H19IN2O2S/c1-10-6-5-7-13(16(10)23-4)17(22)21-18(24)20-15-9-11(2)14(19)8-12(15)3/h5-9H,1-4H3,(H2,20,21,22,24). The first-order chi connectivity index (χ1) is 11.3. The van der Waals surface area contributed by atoms with Crippen LogP contribution in [0.15, 0.2) is 30.3 Å². The molecule has 0 atom stereocenters. The van der Waals surface area contributed by atoms with Crippen LogP contribution in [0.3, 0.4) is 0 Å². The number of para-hydroxylation sites is 1. The molecule has 0 aliphatic heterocycles. The van der Waals surface area contributed by atoms with Crippen molar-refractivity contribution in [3.8, 4) is 5.75 Å². The highest BCUT2D eigenvalue weighted by Gasteiger charge is 2.15. The number of ether oxygens (including phenoxy) is 1. The van der Waals surface area contributed by atoms with Crippen molar-refractivity contribution in [1.82, 2.24) is 5.32 Å². The van der Waals surface area contributed by atoms with E-state index in [4.69, 9.17) is 17.0 Å².